The zero-order valence-electron chi connectivity index (χ0n) is 8.82. The van der Waals surface area contributed by atoms with Gasteiger partial charge in [-0.05, 0) is 6.42 Å². The average Bonchev–Trinajstić information content (AvgIpc) is 2.83. The first-order valence-corrected chi connectivity index (χ1v) is 5.22. The minimum Gasteiger partial charge on any atom is -0.392 e. The highest BCUT2D eigenvalue weighted by molar-refractivity contribution is 5.20. The van der Waals surface area contributed by atoms with Gasteiger partial charge in [0.1, 0.15) is 12.4 Å². The first-order valence-electron chi connectivity index (χ1n) is 5.22. The van der Waals surface area contributed by atoms with Crippen LogP contribution in [0.2, 0.25) is 0 Å². The number of aromatic nitrogens is 2. The predicted octanol–water partition coefficient (Wildman–Crippen LogP) is -0.142. The lowest BCUT2D eigenvalue weighted by Crippen LogP contribution is -2.26. The average molecular weight is 226 g/mol. The Kier molecular flexibility index (Phi) is 3.16. The van der Waals surface area contributed by atoms with Crippen LogP contribution in [0.1, 0.15) is 6.42 Å². The number of nitrogens with zero attached hydrogens (tertiary/aromatic N) is 4. The van der Waals surface area contributed by atoms with E-state index in [1.165, 1.54) is 12.4 Å². The number of β-amino-alcohol motifs (C(OH)–C–C–N with tert-alkyl or cyclic N) is 1. The Balaban J connectivity index is 1.83. The van der Waals surface area contributed by atoms with E-state index in [9.17, 15) is 15.2 Å². The maximum atomic E-state index is 10.4. The minimum absolute atomic E-state index is 0.0152. The van der Waals surface area contributed by atoms with Crippen LogP contribution in [0.15, 0.2) is 12.4 Å². The number of aliphatic hydroxyl groups excluding tert-OH is 1. The minimum atomic E-state index is -0.455. The van der Waals surface area contributed by atoms with Crippen molar-refractivity contribution in [2.45, 2.75) is 19.1 Å². The largest absolute Gasteiger partial charge is 0.392 e. The smallest absolute Gasteiger partial charge is 0.306 e. The topological polar surface area (TPSA) is 84.4 Å². The molecule has 7 nitrogen and oxygen atoms in total. The summed E-state index contributed by atoms with van der Waals surface area (Å²) in [6, 6.07) is 0. The van der Waals surface area contributed by atoms with Gasteiger partial charge in [-0.2, -0.15) is 5.10 Å². The van der Waals surface area contributed by atoms with E-state index in [1.807, 2.05) is 0 Å². The maximum Gasteiger partial charge on any atom is 0.306 e. The maximum absolute atomic E-state index is 10.4. The lowest BCUT2D eigenvalue weighted by Gasteiger charge is -2.13. The molecular formula is C9H14N4O3. The lowest BCUT2D eigenvalue weighted by molar-refractivity contribution is -0.385. The van der Waals surface area contributed by atoms with E-state index in [4.69, 9.17) is 0 Å². The highest BCUT2D eigenvalue weighted by Gasteiger charge is 2.19. The third-order valence-corrected chi connectivity index (χ3v) is 2.72. The van der Waals surface area contributed by atoms with Crippen molar-refractivity contribution >= 4 is 5.69 Å². The molecule has 1 saturated heterocycles. The van der Waals surface area contributed by atoms with E-state index in [1.54, 1.807) is 4.68 Å². The molecule has 16 heavy (non-hydrogen) atoms. The Hall–Kier alpha value is -1.47. The molecule has 1 atom stereocenters. The van der Waals surface area contributed by atoms with Crippen molar-refractivity contribution in [2.75, 3.05) is 19.6 Å². The Morgan fingerprint density at radius 3 is 3.00 bits per heavy atom. The van der Waals surface area contributed by atoms with Crippen molar-refractivity contribution < 1.29 is 10.0 Å². The Bertz CT molecular complexity index is 379. The molecule has 1 aliphatic heterocycles. The molecule has 88 valence electrons. The summed E-state index contributed by atoms with van der Waals surface area (Å²) >= 11 is 0. The van der Waals surface area contributed by atoms with Crippen molar-refractivity contribution in [3.05, 3.63) is 22.5 Å². The van der Waals surface area contributed by atoms with Gasteiger partial charge in [-0.15, -0.1) is 0 Å². The van der Waals surface area contributed by atoms with Gasteiger partial charge < -0.3 is 5.11 Å². The lowest BCUT2D eigenvalue weighted by atomic mass is 10.3. The van der Waals surface area contributed by atoms with Gasteiger partial charge in [0.25, 0.3) is 0 Å². The SMILES string of the molecule is O=[N+]([O-])c1cnn(CCN2CC[C@H](O)C2)c1. The Labute approximate surface area is 92.4 Å². The fourth-order valence-electron chi connectivity index (χ4n) is 1.83. The first-order chi connectivity index (χ1) is 7.65. The number of likely N-dealkylation sites (tertiary alicyclic amines) is 1. The second-order valence-corrected chi connectivity index (χ2v) is 3.96. The molecule has 0 bridgehead atoms. The van der Waals surface area contributed by atoms with E-state index in [2.05, 4.69) is 10.00 Å². The molecule has 0 aromatic carbocycles. The van der Waals surface area contributed by atoms with Gasteiger partial charge >= 0.3 is 5.69 Å². The fourth-order valence-corrected chi connectivity index (χ4v) is 1.83. The third-order valence-electron chi connectivity index (χ3n) is 2.72. The zero-order valence-corrected chi connectivity index (χ0v) is 8.82. The van der Waals surface area contributed by atoms with Gasteiger partial charge in [-0.3, -0.25) is 19.7 Å². The van der Waals surface area contributed by atoms with Crippen LogP contribution in [-0.4, -0.2) is 50.4 Å². The predicted molar refractivity (Wildman–Crippen MR) is 55.9 cm³/mol. The van der Waals surface area contributed by atoms with Crippen LogP contribution in [0.4, 0.5) is 5.69 Å². The number of nitro groups is 1. The molecule has 2 heterocycles. The molecule has 0 saturated carbocycles. The number of aliphatic hydroxyl groups is 1. The third kappa shape index (κ3) is 2.56. The van der Waals surface area contributed by atoms with E-state index in [0.717, 1.165) is 19.5 Å². The summed E-state index contributed by atoms with van der Waals surface area (Å²) in [5.74, 6) is 0. The van der Waals surface area contributed by atoms with E-state index in [-0.39, 0.29) is 11.8 Å². The first kappa shape index (κ1) is 11.0. The molecule has 0 amide bonds. The molecule has 1 N–H and O–H groups in total. The number of hydrogen-bond acceptors (Lipinski definition) is 5. The van der Waals surface area contributed by atoms with Crippen LogP contribution >= 0.6 is 0 Å². The monoisotopic (exact) mass is 226 g/mol. The van der Waals surface area contributed by atoms with Crippen molar-refractivity contribution in [1.29, 1.82) is 0 Å². The van der Waals surface area contributed by atoms with Crippen LogP contribution in [0.25, 0.3) is 0 Å². The standard InChI is InChI=1S/C9H14N4O3/c14-9-1-2-11(7-9)3-4-12-6-8(5-10-12)13(15)16/h5-6,9,14H,1-4,7H2/t9-/m0/s1. The van der Waals surface area contributed by atoms with Gasteiger partial charge in [0.05, 0.1) is 17.6 Å². The molecule has 1 aromatic rings. The van der Waals surface area contributed by atoms with Crippen LogP contribution in [0.5, 0.6) is 0 Å². The van der Waals surface area contributed by atoms with Crippen molar-refractivity contribution in [3.63, 3.8) is 0 Å². The normalized spacial score (nSPS) is 21.4. The molecule has 0 spiro atoms. The summed E-state index contributed by atoms with van der Waals surface area (Å²) in [5.41, 5.74) is 0.0152. The second-order valence-electron chi connectivity index (χ2n) is 3.96. The van der Waals surface area contributed by atoms with E-state index < -0.39 is 4.92 Å². The highest BCUT2D eigenvalue weighted by atomic mass is 16.6. The summed E-state index contributed by atoms with van der Waals surface area (Å²) in [5, 5.41) is 23.7. The van der Waals surface area contributed by atoms with Crippen LogP contribution < -0.4 is 0 Å². The van der Waals surface area contributed by atoms with Crippen LogP contribution in [0.3, 0.4) is 0 Å². The molecule has 7 heteroatoms. The molecule has 2 rings (SSSR count). The summed E-state index contributed by atoms with van der Waals surface area (Å²) in [4.78, 5) is 12.1. The Morgan fingerprint density at radius 1 is 1.62 bits per heavy atom. The van der Waals surface area contributed by atoms with Gasteiger partial charge in [-0.25, -0.2) is 0 Å². The van der Waals surface area contributed by atoms with Crippen LogP contribution in [-0.2, 0) is 6.54 Å². The summed E-state index contributed by atoms with van der Waals surface area (Å²) in [6.07, 6.45) is 3.25. The van der Waals surface area contributed by atoms with Gasteiger partial charge in [0, 0.05) is 19.6 Å². The van der Waals surface area contributed by atoms with Gasteiger partial charge in [0.15, 0.2) is 0 Å². The van der Waals surface area contributed by atoms with Crippen molar-refractivity contribution in [1.82, 2.24) is 14.7 Å². The van der Waals surface area contributed by atoms with E-state index in [0.29, 0.717) is 13.1 Å². The summed E-state index contributed by atoms with van der Waals surface area (Å²) in [6.45, 7) is 2.93. The van der Waals surface area contributed by atoms with Crippen molar-refractivity contribution in [3.8, 4) is 0 Å². The van der Waals surface area contributed by atoms with Crippen LogP contribution in [0, 0.1) is 10.1 Å². The van der Waals surface area contributed by atoms with E-state index >= 15 is 0 Å². The van der Waals surface area contributed by atoms with Gasteiger partial charge in [0.2, 0.25) is 0 Å². The molecule has 1 aromatic heterocycles. The molecule has 1 fully saturated rings. The zero-order chi connectivity index (χ0) is 11.5. The molecular weight excluding hydrogens is 212 g/mol. The number of hydrogen-bond donors (Lipinski definition) is 1. The molecule has 0 unspecified atom stereocenters. The molecule has 1 aliphatic rings. The highest BCUT2D eigenvalue weighted by Crippen LogP contribution is 2.10. The Morgan fingerprint density at radius 2 is 2.44 bits per heavy atom. The molecule has 0 radical (unpaired) electrons. The van der Waals surface area contributed by atoms with Crippen molar-refractivity contribution in [2.24, 2.45) is 0 Å². The number of rotatable bonds is 4. The molecule has 0 aliphatic carbocycles. The fraction of sp³-hybridized carbons (Fsp3) is 0.667. The second kappa shape index (κ2) is 4.58. The summed E-state index contributed by atoms with van der Waals surface area (Å²) < 4.78 is 1.56. The van der Waals surface area contributed by atoms with Gasteiger partial charge in [-0.1, -0.05) is 0 Å². The quantitative estimate of drug-likeness (QED) is 0.570. The summed E-state index contributed by atoms with van der Waals surface area (Å²) in [7, 11) is 0.